The van der Waals surface area contributed by atoms with Gasteiger partial charge in [0.25, 0.3) is 0 Å². The molecule has 3 atom stereocenters. The Bertz CT molecular complexity index is 463. The molecule has 1 aromatic carbocycles. The molecule has 0 aromatic heterocycles. The zero-order valence-electron chi connectivity index (χ0n) is 12.4. The molecule has 1 saturated carbocycles. The fourth-order valence-electron chi connectivity index (χ4n) is 3.24. The van der Waals surface area contributed by atoms with Crippen LogP contribution in [0.1, 0.15) is 49.8 Å². The van der Waals surface area contributed by atoms with Crippen LogP contribution in [0.4, 0.5) is 0 Å². The highest BCUT2D eigenvalue weighted by molar-refractivity contribution is 5.32. The molecule has 20 heavy (non-hydrogen) atoms. The molecule has 3 heteroatoms. The summed E-state index contributed by atoms with van der Waals surface area (Å²) < 4.78 is 0. The van der Waals surface area contributed by atoms with Gasteiger partial charge < -0.3 is 10.0 Å². The van der Waals surface area contributed by atoms with E-state index < -0.39 is 6.10 Å². The minimum Gasteiger partial charge on any atom is -0.387 e. The molecule has 0 heterocycles. The standard InChI is InChI=1S/C17H24N2O/c1-13-5-3-4-6-16(13)19(2)12-17(20)15-9-7-14(11-18)8-10-15/h7-10,13,16-17,20H,3-6,12H2,1-2H3. The lowest BCUT2D eigenvalue weighted by Crippen LogP contribution is -2.41. The van der Waals surface area contributed by atoms with Crippen molar-refractivity contribution in [3.8, 4) is 6.07 Å². The molecule has 0 spiro atoms. The van der Waals surface area contributed by atoms with Crippen LogP contribution in [0, 0.1) is 17.2 Å². The highest BCUT2D eigenvalue weighted by Crippen LogP contribution is 2.28. The zero-order valence-corrected chi connectivity index (χ0v) is 12.4. The first-order valence-electron chi connectivity index (χ1n) is 7.50. The Morgan fingerprint density at radius 2 is 1.95 bits per heavy atom. The molecule has 1 fully saturated rings. The van der Waals surface area contributed by atoms with Crippen LogP contribution in [0.5, 0.6) is 0 Å². The van der Waals surface area contributed by atoms with E-state index in [1.807, 2.05) is 12.1 Å². The predicted octanol–water partition coefficient (Wildman–Crippen LogP) is 3.10. The number of hydrogen-bond donors (Lipinski definition) is 1. The van der Waals surface area contributed by atoms with Gasteiger partial charge in [-0.1, -0.05) is 31.9 Å². The van der Waals surface area contributed by atoms with Crippen molar-refractivity contribution in [2.75, 3.05) is 13.6 Å². The Morgan fingerprint density at radius 1 is 1.30 bits per heavy atom. The lowest BCUT2D eigenvalue weighted by molar-refractivity contribution is 0.0710. The highest BCUT2D eigenvalue weighted by atomic mass is 16.3. The summed E-state index contributed by atoms with van der Waals surface area (Å²) >= 11 is 0. The molecule has 2 rings (SSSR count). The summed E-state index contributed by atoms with van der Waals surface area (Å²) in [5, 5.41) is 19.1. The van der Waals surface area contributed by atoms with E-state index in [2.05, 4.69) is 24.9 Å². The third-order valence-corrected chi connectivity index (χ3v) is 4.52. The smallest absolute Gasteiger partial charge is 0.0991 e. The van der Waals surface area contributed by atoms with Gasteiger partial charge in [-0.05, 0) is 43.5 Å². The van der Waals surface area contributed by atoms with E-state index in [9.17, 15) is 5.11 Å². The first-order valence-corrected chi connectivity index (χ1v) is 7.50. The van der Waals surface area contributed by atoms with Gasteiger partial charge in [0.1, 0.15) is 0 Å². The highest BCUT2D eigenvalue weighted by Gasteiger charge is 2.26. The van der Waals surface area contributed by atoms with E-state index in [1.165, 1.54) is 25.7 Å². The summed E-state index contributed by atoms with van der Waals surface area (Å²) in [5.74, 6) is 0.710. The molecule has 0 saturated heterocycles. The summed E-state index contributed by atoms with van der Waals surface area (Å²) in [5.41, 5.74) is 1.52. The van der Waals surface area contributed by atoms with Gasteiger partial charge in [0.2, 0.25) is 0 Å². The number of aliphatic hydroxyl groups is 1. The fourth-order valence-corrected chi connectivity index (χ4v) is 3.24. The number of aliphatic hydroxyl groups excluding tert-OH is 1. The second-order valence-corrected chi connectivity index (χ2v) is 6.02. The zero-order chi connectivity index (χ0) is 14.5. The molecule has 0 amide bonds. The second-order valence-electron chi connectivity index (χ2n) is 6.02. The average Bonchev–Trinajstić information content (AvgIpc) is 2.47. The molecule has 1 N–H and O–H groups in total. The van der Waals surface area contributed by atoms with Crippen molar-refractivity contribution in [3.05, 3.63) is 35.4 Å². The van der Waals surface area contributed by atoms with Crippen LogP contribution in [-0.2, 0) is 0 Å². The molecule has 0 aliphatic heterocycles. The molecule has 3 unspecified atom stereocenters. The van der Waals surface area contributed by atoms with Crippen molar-refractivity contribution in [1.29, 1.82) is 5.26 Å². The molecule has 3 nitrogen and oxygen atoms in total. The molecule has 1 aliphatic rings. The Labute approximate surface area is 121 Å². The molecular weight excluding hydrogens is 248 g/mol. The van der Waals surface area contributed by atoms with Crippen molar-refractivity contribution < 1.29 is 5.11 Å². The normalized spacial score (nSPS) is 24.4. The van der Waals surface area contributed by atoms with Crippen LogP contribution in [0.3, 0.4) is 0 Å². The van der Waals surface area contributed by atoms with Gasteiger partial charge in [0.05, 0.1) is 17.7 Å². The van der Waals surface area contributed by atoms with Gasteiger partial charge in [0.15, 0.2) is 0 Å². The van der Waals surface area contributed by atoms with Crippen LogP contribution in [-0.4, -0.2) is 29.6 Å². The maximum absolute atomic E-state index is 10.3. The number of rotatable bonds is 4. The van der Waals surface area contributed by atoms with E-state index in [0.29, 0.717) is 24.1 Å². The summed E-state index contributed by atoms with van der Waals surface area (Å²) in [6, 6.07) is 9.91. The first kappa shape index (κ1) is 15.0. The van der Waals surface area contributed by atoms with Gasteiger partial charge in [-0.3, -0.25) is 0 Å². The number of nitrogens with zero attached hydrogens (tertiary/aromatic N) is 2. The number of likely N-dealkylation sites (N-methyl/N-ethyl adjacent to an activating group) is 1. The Hall–Kier alpha value is -1.37. The minimum atomic E-state index is -0.484. The van der Waals surface area contributed by atoms with Gasteiger partial charge in [-0.25, -0.2) is 0 Å². The van der Waals surface area contributed by atoms with Gasteiger partial charge >= 0.3 is 0 Å². The lowest BCUT2D eigenvalue weighted by atomic mass is 9.85. The average molecular weight is 272 g/mol. The molecule has 108 valence electrons. The lowest BCUT2D eigenvalue weighted by Gasteiger charge is -2.37. The molecule has 0 bridgehead atoms. The summed E-state index contributed by atoms with van der Waals surface area (Å²) in [6.45, 7) is 2.97. The van der Waals surface area contributed by atoms with Crippen LogP contribution in [0.25, 0.3) is 0 Å². The SMILES string of the molecule is CC1CCCCC1N(C)CC(O)c1ccc(C#N)cc1. The third-order valence-electron chi connectivity index (χ3n) is 4.52. The Balaban J connectivity index is 1.95. The third kappa shape index (κ3) is 3.59. The largest absolute Gasteiger partial charge is 0.387 e. The minimum absolute atomic E-state index is 0.484. The van der Waals surface area contributed by atoms with E-state index >= 15 is 0 Å². The van der Waals surface area contributed by atoms with Crippen LogP contribution < -0.4 is 0 Å². The van der Waals surface area contributed by atoms with Crippen molar-refractivity contribution in [3.63, 3.8) is 0 Å². The number of nitriles is 1. The monoisotopic (exact) mass is 272 g/mol. The van der Waals surface area contributed by atoms with E-state index in [4.69, 9.17) is 5.26 Å². The Morgan fingerprint density at radius 3 is 2.55 bits per heavy atom. The van der Waals surface area contributed by atoms with E-state index in [-0.39, 0.29) is 0 Å². The van der Waals surface area contributed by atoms with Gasteiger partial charge in [0, 0.05) is 12.6 Å². The second kappa shape index (κ2) is 6.88. The fraction of sp³-hybridized carbons (Fsp3) is 0.588. The van der Waals surface area contributed by atoms with E-state index in [0.717, 1.165) is 5.56 Å². The Kier molecular flexibility index (Phi) is 5.17. The summed E-state index contributed by atoms with van der Waals surface area (Å²) in [4.78, 5) is 2.30. The van der Waals surface area contributed by atoms with Crippen LogP contribution >= 0.6 is 0 Å². The molecule has 1 aliphatic carbocycles. The van der Waals surface area contributed by atoms with Crippen LogP contribution in [0.15, 0.2) is 24.3 Å². The van der Waals surface area contributed by atoms with Crippen molar-refractivity contribution in [1.82, 2.24) is 4.90 Å². The maximum Gasteiger partial charge on any atom is 0.0991 e. The number of hydrogen-bond acceptors (Lipinski definition) is 3. The quantitative estimate of drug-likeness (QED) is 0.916. The van der Waals surface area contributed by atoms with E-state index in [1.54, 1.807) is 12.1 Å². The maximum atomic E-state index is 10.3. The molecular formula is C17H24N2O. The first-order chi connectivity index (χ1) is 9.61. The summed E-state index contributed by atoms with van der Waals surface area (Å²) in [6.07, 6.45) is 4.68. The van der Waals surface area contributed by atoms with Gasteiger partial charge in [-0.15, -0.1) is 0 Å². The predicted molar refractivity (Wildman–Crippen MR) is 80.2 cm³/mol. The van der Waals surface area contributed by atoms with Crippen molar-refractivity contribution in [2.45, 2.75) is 44.8 Å². The van der Waals surface area contributed by atoms with Crippen molar-refractivity contribution in [2.24, 2.45) is 5.92 Å². The molecule has 0 radical (unpaired) electrons. The van der Waals surface area contributed by atoms with Crippen LogP contribution in [0.2, 0.25) is 0 Å². The summed E-state index contributed by atoms with van der Waals surface area (Å²) in [7, 11) is 2.11. The van der Waals surface area contributed by atoms with Gasteiger partial charge in [-0.2, -0.15) is 5.26 Å². The topological polar surface area (TPSA) is 47.3 Å². The molecule has 1 aromatic rings. The number of benzene rings is 1. The van der Waals surface area contributed by atoms with Crippen molar-refractivity contribution >= 4 is 0 Å².